The fraction of sp³-hybridized carbons (Fsp3) is 0.375. The predicted octanol–water partition coefficient (Wildman–Crippen LogP) is 1.48. The van der Waals surface area contributed by atoms with Crippen LogP contribution in [0.3, 0.4) is 0 Å². The Bertz CT molecular complexity index is 290. The standard InChI is InChI=1S/C8H9NSSe/c1-11-8-9-6-4-2-3-5-7(6)10-8/h2,4H,3,5H2,1H3. The molecule has 11 heavy (non-hydrogen) atoms. The van der Waals surface area contributed by atoms with Crippen molar-refractivity contribution in [2.75, 3.05) is 0 Å². The van der Waals surface area contributed by atoms with Crippen molar-refractivity contribution in [1.29, 1.82) is 0 Å². The summed E-state index contributed by atoms with van der Waals surface area (Å²) in [5.41, 5.74) is 1.24. The molecule has 1 aromatic heterocycles. The molecule has 0 radical (unpaired) electrons. The van der Waals surface area contributed by atoms with Gasteiger partial charge in [0.1, 0.15) is 0 Å². The Labute approximate surface area is 76.7 Å². The summed E-state index contributed by atoms with van der Waals surface area (Å²) in [5, 5.41) is 0. The van der Waals surface area contributed by atoms with E-state index in [9.17, 15) is 0 Å². The van der Waals surface area contributed by atoms with E-state index in [4.69, 9.17) is 0 Å². The summed E-state index contributed by atoms with van der Waals surface area (Å²) in [7, 11) is 0. The van der Waals surface area contributed by atoms with Gasteiger partial charge in [-0.05, 0) is 0 Å². The van der Waals surface area contributed by atoms with E-state index in [1.807, 2.05) is 11.3 Å². The van der Waals surface area contributed by atoms with Crippen molar-refractivity contribution >= 4 is 36.3 Å². The number of aromatic nitrogens is 1. The zero-order valence-electron chi connectivity index (χ0n) is 6.33. The monoisotopic (exact) mass is 231 g/mol. The van der Waals surface area contributed by atoms with Crippen molar-refractivity contribution < 1.29 is 0 Å². The molecule has 0 aliphatic heterocycles. The predicted molar refractivity (Wildman–Crippen MR) is 50.7 cm³/mol. The molecule has 0 N–H and O–H groups in total. The first-order chi connectivity index (χ1) is 5.40. The van der Waals surface area contributed by atoms with Crippen LogP contribution in [0.25, 0.3) is 6.08 Å². The average Bonchev–Trinajstić information content (AvgIpc) is 2.46. The van der Waals surface area contributed by atoms with Gasteiger partial charge in [-0.25, -0.2) is 0 Å². The van der Waals surface area contributed by atoms with Crippen molar-refractivity contribution in [2.24, 2.45) is 0 Å². The number of hydrogen-bond acceptors (Lipinski definition) is 2. The van der Waals surface area contributed by atoms with Gasteiger partial charge in [-0.15, -0.1) is 0 Å². The third-order valence-electron chi connectivity index (χ3n) is 1.70. The van der Waals surface area contributed by atoms with E-state index in [2.05, 4.69) is 23.0 Å². The Balaban J connectivity index is 2.42. The van der Waals surface area contributed by atoms with E-state index in [0.717, 1.165) is 0 Å². The summed E-state index contributed by atoms with van der Waals surface area (Å²) in [6.45, 7) is 0. The van der Waals surface area contributed by atoms with E-state index in [-0.39, 0.29) is 0 Å². The fourth-order valence-electron chi connectivity index (χ4n) is 1.15. The minimum absolute atomic E-state index is 0.579. The molecule has 1 nitrogen and oxygen atoms in total. The van der Waals surface area contributed by atoms with Crippen molar-refractivity contribution in [2.45, 2.75) is 18.7 Å². The second-order valence-electron chi connectivity index (χ2n) is 2.43. The van der Waals surface area contributed by atoms with Gasteiger partial charge in [-0.1, -0.05) is 0 Å². The topological polar surface area (TPSA) is 12.9 Å². The minimum atomic E-state index is 0.579. The molecule has 58 valence electrons. The molecule has 0 atom stereocenters. The molecule has 0 amide bonds. The molecule has 1 heterocycles. The molecule has 3 heteroatoms. The van der Waals surface area contributed by atoms with E-state index in [1.165, 1.54) is 27.3 Å². The normalized spacial score (nSPS) is 15.0. The Morgan fingerprint density at radius 1 is 1.64 bits per heavy atom. The van der Waals surface area contributed by atoms with Gasteiger partial charge in [0.2, 0.25) is 0 Å². The second-order valence-corrected chi connectivity index (χ2v) is 5.77. The molecule has 1 aromatic rings. The molecular weight excluding hydrogens is 221 g/mol. The van der Waals surface area contributed by atoms with Crippen LogP contribution in [0.1, 0.15) is 17.0 Å². The quantitative estimate of drug-likeness (QED) is 0.666. The van der Waals surface area contributed by atoms with Gasteiger partial charge < -0.3 is 0 Å². The third kappa shape index (κ3) is 1.41. The van der Waals surface area contributed by atoms with Crippen LogP contribution < -0.4 is 3.91 Å². The number of rotatable bonds is 1. The summed E-state index contributed by atoms with van der Waals surface area (Å²) in [4.78, 5) is 6.02. The fourth-order valence-corrected chi connectivity index (χ4v) is 3.58. The molecular formula is C8H9NSSe. The second kappa shape index (κ2) is 3.10. The van der Waals surface area contributed by atoms with Crippen LogP contribution in [0.15, 0.2) is 6.08 Å². The molecule has 0 fully saturated rings. The SMILES string of the molecule is C[Se]c1nc2c(s1)CCC=C2. The summed E-state index contributed by atoms with van der Waals surface area (Å²) in [6.07, 6.45) is 6.78. The van der Waals surface area contributed by atoms with E-state index in [1.54, 1.807) is 0 Å². The van der Waals surface area contributed by atoms with Gasteiger partial charge in [-0.2, -0.15) is 0 Å². The van der Waals surface area contributed by atoms with E-state index < -0.39 is 0 Å². The number of allylic oxidation sites excluding steroid dienone is 1. The van der Waals surface area contributed by atoms with Gasteiger partial charge in [0.25, 0.3) is 0 Å². The first-order valence-corrected chi connectivity index (χ1v) is 6.99. The number of nitrogens with zero attached hydrogens (tertiary/aromatic N) is 1. The Morgan fingerprint density at radius 2 is 2.55 bits per heavy atom. The average molecular weight is 230 g/mol. The Kier molecular flexibility index (Phi) is 2.12. The molecule has 1 aliphatic carbocycles. The van der Waals surface area contributed by atoms with Gasteiger partial charge >= 0.3 is 76.6 Å². The molecule has 1 aliphatic rings. The zero-order chi connectivity index (χ0) is 7.68. The van der Waals surface area contributed by atoms with Crippen molar-refractivity contribution in [1.82, 2.24) is 4.98 Å². The maximum atomic E-state index is 4.53. The number of aryl methyl sites for hydroxylation is 1. The zero-order valence-corrected chi connectivity index (χ0v) is 8.86. The number of hydrogen-bond donors (Lipinski definition) is 0. The van der Waals surface area contributed by atoms with Crippen LogP contribution >= 0.6 is 11.3 Å². The molecule has 0 bridgehead atoms. The molecule has 0 aromatic carbocycles. The van der Waals surface area contributed by atoms with E-state index >= 15 is 0 Å². The Hall–Kier alpha value is -0.111. The molecule has 0 spiro atoms. The molecule has 0 unspecified atom stereocenters. The van der Waals surface area contributed by atoms with Crippen LogP contribution in [0.2, 0.25) is 5.82 Å². The summed E-state index contributed by atoms with van der Waals surface area (Å²) in [6, 6.07) is 0. The molecule has 0 saturated heterocycles. The summed E-state index contributed by atoms with van der Waals surface area (Å²) >= 11 is 2.48. The number of fused-ring (bicyclic) bond motifs is 1. The van der Waals surface area contributed by atoms with Crippen LogP contribution in [0.4, 0.5) is 0 Å². The van der Waals surface area contributed by atoms with Crippen LogP contribution in [0, 0.1) is 0 Å². The molecule has 2 rings (SSSR count). The molecule has 0 saturated carbocycles. The van der Waals surface area contributed by atoms with Crippen molar-refractivity contribution in [3.8, 4) is 0 Å². The van der Waals surface area contributed by atoms with Crippen LogP contribution in [0.5, 0.6) is 0 Å². The van der Waals surface area contributed by atoms with Gasteiger partial charge in [-0.3, -0.25) is 0 Å². The first kappa shape index (κ1) is 7.53. The van der Waals surface area contributed by atoms with Crippen molar-refractivity contribution in [3.05, 3.63) is 16.6 Å². The maximum absolute atomic E-state index is 4.53. The van der Waals surface area contributed by atoms with Crippen LogP contribution in [-0.4, -0.2) is 19.9 Å². The summed E-state index contributed by atoms with van der Waals surface area (Å²) in [5.74, 6) is 2.22. The van der Waals surface area contributed by atoms with Crippen LogP contribution in [-0.2, 0) is 6.42 Å². The Morgan fingerprint density at radius 3 is 3.27 bits per heavy atom. The van der Waals surface area contributed by atoms with Crippen molar-refractivity contribution in [3.63, 3.8) is 0 Å². The number of thiazole rings is 1. The van der Waals surface area contributed by atoms with Gasteiger partial charge in [0.15, 0.2) is 0 Å². The van der Waals surface area contributed by atoms with Gasteiger partial charge in [0, 0.05) is 0 Å². The third-order valence-corrected chi connectivity index (χ3v) is 4.94. The van der Waals surface area contributed by atoms with Gasteiger partial charge in [0.05, 0.1) is 0 Å². The summed E-state index contributed by atoms with van der Waals surface area (Å²) < 4.78 is 1.34. The van der Waals surface area contributed by atoms with E-state index in [0.29, 0.717) is 15.0 Å². The first-order valence-electron chi connectivity index (χ1n) is 3.60.